The van der Waals surface area contributed by atoms with E-state index in [0.29, 0.717) is 50.3 Å². The summed E-state index contributed by atoms with van der Waals surface area (Å²) in [5.74, 6) is -0.277. The molecule has 0 aliphatic carbocycles. The summed E-state index contributed by atoms with van der Waals surface area (Å²) >= 11 is 3.42. The van der Waals surface area contributed by atoms with Crippen molar-refractivity contribution >= 4 is 31.9 Å². The first-order valence-corrected chi connectivity index (χ1v) is 12.3. The molecule has 0 saturated carbocycles. The third-order valence-corrected chi connectivity index (χ3v) is 7.64. The fourth-order valence-corrected chi connectivity index (χ4v) is 5.48. The van der Waals surface area contributed by atoms with Crippen LogP contribution in [0.15, 0.2) is 51.8 Å². The number of nitrogens with one attached hydrogen (secondary N) is 1. The van der Waals surface area contributed by atoms with Gasteiger partial charge in [-0.2, -0.15) is 4.31 Å². The summed E-state index contributed by atoms with van der Waals surface area (Å²) in [5, 5.41) is 2.98. The molecule has 1 fully saturated rings. The molecular formula is C22H27BrN2O4S. The Morgan fingerprint density at radius 2 is 1.83 bits per heavy atom. The number of amides is 1. The molecule has 6 nitrogen and oxygen atoms in total. The van der Waals surface area contributed by atoms with Crippen molar-refractivity contribution in [3.8, 4) is 0 Å². The van der Waals surface area contributed by atoms with Crippen LogP contribution in [0, 0.1) is 0 Å². The SMILES string of the molecule is CCc1ccc(C(=O)NC(C)Cc2ccc(Br)cc2)cc1S(=O)(=O)N1CCOCC1. The van der Waals surface area contributed by atoms with E-state index >= 15 is 0 Å². The first-order chi connectivity index (χ1) is 14.3. The van der Waals surface area contributed by atoms with E-state index in [0.717, 1.165) is 10.0 Å². The van der Waals surface area contributed by atoms with Crippen LogP contribution in [0.25, 0.3) is 0 Å². The summed E-state index contributed by atoms with van der Waals surface area (Å²) < 4.78 is 34.1. The molecule has 0 radical (unpaired) electrons. The van der Waals surface area contributed by atoms with E-state index in [2.05, 4.69) is 21.2 Å². The van der Waals surface area contributed by atoms with Gasteiger partial charge in [-0.15, -0.1) is 0 Å². The molecule has 1 atom stereocenters. The number of hydrogen-bond acceptors (Lipinski definition) is 4. The van der Waals surface area contributed by atoms with E-state index in [9.17, 15) is 13.2 Å². The summed E-state index contributed by atoms with van der Waals surface area (Å²) in [4.78, 5) is 13.0. The zero-order chi connectivity index (χ0) is 21.7. The molecule has 2 aromatic rings. The van der Waals surface area contributed by atoms with Gasteiger partial charge in [0, 0.05) is 29.2 Å². The van der Waals surface area contributed by atoms with Crippen molar-refractivity contribution in [1.82, 2.24) is 9.62 Å². The lowest BCUT2D eigenvalue weighted by atomic mass is 10.1. The van der Waals surface area contributed by atoms with Crippen molar-refractivity contribution < 1.29 is 17.9 Å². The van der Waals surface area contributed by atoms with Crippen LogP contribution in [0.4, 0.5) is 0 Å². The van der Waals surface area contributed by atoms with Gasteiger partial charge in [-0.1, -0.05) is 41.1 Å². The number of hydrogen-bond donors (Lipinski definition) is 1. The normalized spacial score (nSPS) is 16.2. The minimum absolute atomic E-state index is 0.0937. The van der Waals surface area contributed by atoms with Crippen molar-refractivity contribution in [2.24, 2.45) is 0 Å². The van der Waals surface area contributed by atoms with E-state index < -0.39 is 10.0 Å². The highest BCUT2D eigenvalue weighted by Crippen LogP contribution is 2.23. The zero-order valence-corrected chi connectivity index (χ0v) is 19.6. The highest BCUT2D eigenvalue weighted by atomic mass is 79.9. The van der Waals surface area contributed by atoms with Crippen LogP contribution >= 0.6 is 15.9 Å². The molecule has 8 heteroatoms. The van der Waals surface area contributed by atoms with Gasteiger partial charge in [-0.25, -0.2) is 8.42 Å². The van der Waals surface area contributed by atoms with Crippen molar-refractivity contribution in [2.45, 2.75) is 37.6 Å². The Bertz CT molecular complexity index is 987. The highest BCUT2D eigenvalue weighted by Gasteiger charge is 2.29. The van der Waals surface area contributed by atoms with Gasteiger partial charge < -0.3 is 10.1 Å². The second kappa shape index (κ2) is 10.0. The number of benzene rings is 2. The molecule has 3 rings (SSSR count). The fraction of sp³-hybridized carbons (Fsp3) is 0.409. The van der Waals surface area contributed by atoms with Gasteiger partial charge in [0.2, 0.25) is 10.0 Å². The maximum Gasteiger partial charge on any atom is 0.251 e. The topological polar surface area (TPSA) is 75.7 Å². The maximum absolute atomic E-state index is 13.2. The van der Waals surface area contributed by atoms with Crippen LogP contribution in [0.1, 0.15) is 35.3 Å². The van der Waals surface area contributed by atoms with Crippen molar-refractivity contribution in [2.75, 3.05) is 26.3 Å². The summed E-state index contributed by atoms with van der Waals surface area (Å²) in [5.41, 5.74) is 2.17. The molecule has 1 amide bonds. The van der Waals surface area contributed by atoms with Gasteiger partial charge in [0.15, 0.2) is 0 Å². The molecule has 1 aliphatic heterocycles. The minimum Gasteiger partial charge on any atom is -0.379 e. The molecule has 1 heterocycles. The number of morpholine rings is 1. The second-order valence-corrected chi connectivity index (χ2v) is 10.2. The zero-order valence-electron chi connectivity index (χ0n) is 17.2. The summed E-state index contributed by atoms with van der Waals surface area (Å²) in [6, 6.07) is 12.8. The van der Waals surface area contributed by atoms with E-state index in [1.54, 1.807) is 12.1 Å². The number of carbonyl (C=O) groups is 1. The number of sulfonamides is 1. The smallest absolute Gasteiger partial charge is 0.251 e. The van der Waals surface area contributed by atoms with Gasteiger partial charge >= 0.3 is 0 Å². The van der Waals surface area contributed by atoms with E-state index in [4.69, 9.17) is 4.74 Å². The summed E-state index contributed by atoms with van der Waals surface area (Å²) in [6.07, 6.45) is 1.26. The Morgan fingerprint density at radius 1 is 1.17 bits per heavy atom. The molecule has 1 aliphatic rings. The van der Waals surface area contributed by atoms with Gasteiger partial charge in [0.05, 0.1) is 18.1 Å². The number of nitrogens with zero attached hydrogens (tertiary/aromatic N) is 1. The third-order valence-electron chi connectivity index (χ3n) is 5.13. The van der Waals surface area contributed by atoms with E-state index in [1.165, 1.54) is 10.4 Å². The number of ether oxygens (including phenoxy) is 1. The van der Waals surface area contributed by atoms with Crippen molar-refractivity contribution in [3.05, 3.63) is 63.6 Å². The van der Waals surface area contributed by atoms with Crippen molar-refractivity contribution in [1.29, 1.82) is 0 Å². The van der Waals surface area contributed by atoms with Gasteiger partial charge in [-0.05, 0) is 55.2 Å². The van der Waals surface area contributed by atoms with E-state index in [-0.39, 0.29) is 16.8 Å². The lowest BCUT2D eigenvalue weighted by molar-refractivity contribution is 0.0730. The van der Waals surface area contributed by atoms with Gasteiger partial charge in [0.25, 0.3) is 5.91 Å². The Labute approximate surface area is 186 Å². The number of aryl methyl sites for hydroxylation is 1. The molecule has 1 saturated heterocycles. The lowest BCUT2D eigenvalue weighted by Gasteiger charge is -2.27. The predicted octanol–water partition coefficient (Wildman–Crippen LogP) is 3.39. The molecular weight excluding hydrogens is 468 g/mol. The molecule has 0 spiro atoms. The molecule has 1 N–H and O–H groups in total. The Kier molecular flexibility index (Phi) is 7.68. The van der Waals surface area contributed by atoms with Crippen LogP contribution in [0.5, 0.6) is 0 Å². The van der Waals surface area contributed by atoms with Gasteiger partial charge in [0.1, 0.15) is 0 Å². The van der Waals surface area contributed by atoms with Crippen molar-refractivity contribution in [3.63, 3.8) is 0 Å². The van der Waals surface area contributed by atoms with E-state index in [1.807, 2.05) is 38.1 Å². The minimum atomic E-state index is -3.67. The average Bonchev–Trinajstić information content (AvgIpc) is 2.75. The Morgan fingerprint density at radius 3 is 2.47 bits per heavy atom. The lowest BCUT2D eigenvalue weighted by Crippen LogP contribution is -2.41. The molecule has 0 aromatic heterocycles. The molecule has 2 aromatic carbocycles. The van der Waals surface area contributed by atoms with Crippen LogP contribution in [0.3, 0.4) is 0 Å². The monoisotopic (exact) mass is 494 g/mol. The maximum atomic E-state index is 13.2. The molecule has 0 bridgehead atoms. The Balaban J connectivity index is 1.77. The van der Waals surface area contributed by atoms with Crippen LogP contribution in [0.2, 0.25) is 0 Å². The molecule has 30 heavy (non-hydrogen) atoms. The predicted molar refractivity (Wildman–Crippen MR) is 120 cm³/mol. The quantitative estimate of drug-likeness (QED) is 0.639. The highest BCUT2D eigenvalue weighted by molar-refractivity contribution is 9.10. The largest absolute Gasteiger partial charge is 0.379 e. The van der Waals surface area contributed by atoms with Gasteiger partial charge in [-0.3, -0.25) is 4.79 Å². The molecule has 162 valence electrons. The third kappa shape index (κ3) is 5.49. The first-order valence-electron chi connectivity index (χ1n) is 10.1. The van der Waals surface area contributed by atoms with Crippen LogP contribution in [-0.2, 0) is 27.6 Å². The molecule has 1 unspecified atom stereocenters. The average molecular weight is 495 g/mol. The summed E-state index contributed by atoms with van der Waals surface area (Å²) in [7, 11) is -3.67. The number of rotatable bonds is 7. The second-order valence-electron chi connectivity index (χ2n) is 7.40. The number of carbonyl (C=O) groups excluding carboxylic acids is 1. The standard InChI is InChI=1S/C22H27BrN2O4S/c1-3-18-6-7-19(15-21(18)30(27,28)25-10-12-29-13-11-25)22(26)24-16(2)14-17-4-8-20(23)9-5-17/h4-9,15-16H,3,10-14H2,1-2H3,(H,24,26). The first kappa shape index (κ1) is 22.9. The van der Waals surface area contributed by atoms with Crippen LogP contribution in [-0.4, -0.2) is 51.0 Å². The summed E-state index contributed by atoms with van der Waals surface area (Å²) in [6.45, 7) is 5.26. The fourth-order valence-electron chi connectivity index (χ4n) is 3.49. The number of halogens is 1. The van der Waals surface area contributed by atoms with Crippen LogP contribution < -0.4 is 5.32 Å². The Hall–Kier alpha value is -1.74.